The summed E-state index contributed by atoms with van der Waals surface area (Å²) in [4.78, 5) is 39.1. The normalized spacial score (nSPS) is 20.3. The number of nitrogens with one attached hydrogen (secondary N) is 1. The number of likely N-dealkylation sites (N-methyl/N-ethyl adjacent to an activating group) is 1. The van der Waals surface area contributed by atoms with Gasteiger partial charge in [-0.2, -0.15) is 0 Å². The van der Waals surface area contributed by atoms with Crippen molar-refractivity contribution in [2.45, 2.75) is 18.6 Å². The zero-order valence-electron chi connectivity index (χ0n) is 14.5. The number of nitrogens with zero attached hydrogens (tertiary/aromatic N) is 2. The SMILES string of the molecule is CN(C)C(=O)CCNC(=O)C1OCC(=O)N(C)C1c1ccc(Cl)cc1. The molecule has 0 aromatic heterocycles. The van der Waals surface area contributed by atoms with E-state index in [1.54, 1.807) is 45.4 Å². The lowest BCUT2D eigenvalue weighted by atomic mass is 9.97. The van der Waals surface area contributed by atoms with E-state index in [1.807, 2.05) is 0 Å². The fourth-order valence-corrected chi connectivity index (χ4v) is 2.73. The molecule has 0 aliphatic carbocycles. The van der Waals surface area contributed by atoms with Crippen LogP contribution in [0.5, 0.6) is 0 Å². The van der Waals surface area contributed by atoms with E-state index in [9.17, 15) is 14.4 Å². The van der Waals surface area contributed by atoms with Crippen LogP contribution < -0.4 is 5.32 Å². The van der Waals surface area contributed by atoms with Crippen LogP contribution in [0.3, 0.4) is 0 Å². The highest BCUT2D eigenvalue weighted by atomic mass is 35.5. The van der Waals surface area contributed by atoms with Gasteiger partial charge < -0.3 is 19.9 Å². The summed E-state index contributed by atoms with van der Waals surface area (Å²) in [6, 6.07) is 6.38. The van der Waals surface area contributed by atoms with Crippen molar-refractivity contribution in [3.63, 3.8) is 0 Å². The van der Waals surface area contributed by atoms with E-state index in [1.165, 1.54) is 9.80 Å². The average Bonchev–Trinajstić information content (AvgIpc) is 2.57. The van der Waals surface area contributed by atoms with E-state index in [0.717, 1.165) is 5.56 Å². The third-order valence-electron chi connectivity index (χ3n) is 4.09. The Morgan fingerprint density at radius 3 is 2.56 bits per heavy atom. The van der Waals surface area contributed by atoms with Crippen LogP contribution in [0.4, 0.5) is 0 Å². The lowest BCUT2D eigenvalue weighted by Gasteiger charge is -2.38. The van der Waals surface area contributed by atoms with Crippen LogP contribution in [0.25, 0.3) is 0 Å². The number of carbonyl (C=O) groups is 3. The first-order valence-electron chi connectivity index (χ1n) is 7.92. The molecule has 0 spiro atoms. The second-order valence-corrected chi connectivity index (χ2v) is 6.50. The highest BCUT2D eigenvalue weighted by molar-refractivity contribution is 6.30. The summed E-state index contributed by atoms with van der Waals surface area (Å²) in [6.45, 7) is 0.0516. The predicted molar refractivity (Wildman–Crippen MR) is 93.0 cm³/mol. The Bertz CT molecular complexity index is 648. The van der Waals surface area contributed by atoms with E-state index in [2.05, 4.69) is 5.32 Å². The highest BCUT2D eigenvalue weighted by Gasteiger charge is 2.39. The maximum absolute atomic E-state index is 12.5. The van der Waals surface area contributed by atoms with Crippen LogP contribution in [0, 0.1) is 0 Å². The molecule has 2 atom stereocenters. The number of hydrogen-bond donors (Lipinski definition) is 1. The van der Waals surface area contributed by atoms with Crippen LogP contribution in [-0.2, 0) is 19.1 Å². The van der Waals surface area contributed by atoms with E-state index >= 15 is 0 Å². The third-order valence-corrected chi connectivity index (χ3v) is 4.34. The van der Waals surface area contributed by atoms with Crippen LogP contribution >= 0.6 is 11.6 Å². The third kappa shape index (κ3) is 4.70. The van der Waals surface area contributed by atoms with Gasteiger partial charge in [-0.1, -0.05) is 23.7 Å². The molecule has 3 amide bonds. The molecule has 1 heterocycles. The molecule has 0 radical (unpaired) electrons. The molecule has 25 heavy (non-hydrogen) atoms. The van der Waals surface area contributed by atoms with Crippen molar-refractivity contribution in [2.24, 2.45) is 0 Å². The van der Waals surface area contributed by atoms with Gasteiger partial charge in [0.1, 0.15) is 6.61 Å². The summed E-state index contributed by atoms with van der Waals surface area (Å²) in [5, 5.41) is 3.28. The molecule has 0 saturated carbocycles. The first-order valence-corrected chi connectivity index (χ1v) is 8.29. The topological polar surface area (TPSA) is 79.0 Å². The zero-order valence-corrected chi connectivity index (χ0v) is 15.2. The van der Waals surface area contributed by atoms with Crippen molar-refractivity contribution in [3.8, 4) is 0 Å². The van der Waals surface area contributed by atoms with Crippen LogP contribution in [0.2, 0.25) is 5.02 Å². The van der Waals surface area contributed by atoms with Gasteiger partial charge in [0.2, 0.25) is 11.8 Å². The number of carbonyl (C=O) groups excluding carboxylic acids is 3. The minimum absolute atomic E-state index is 0.0774. The fraction of sp³-hybridized carbons (Fsp3) is 0.471. The maximum atomic E-state index is 12.5. The minimum Gasteiger partial charge on any atom is -0.356 e. The van der Waals surface area contributed by atoms with Gasteiger partial charge in [-0.3, -0.25) is 14.4 Å². The summed E-state index contributed by atoms with van der Waals surface area (Å²) >= 11 is 5.91. The molecule has 136 valence electrons. The second-order valence-electron chi connectivity index (χ2n) is 6.06. The second kappa shape index (κ2) is 8.31. The van der Waals surface area contributed by atoms with Gasteiger partial charge in [0.15, 0.2) is 6.10 Å². The van der Waals surface area contributed by atoms with Crippen molar-refractivity contribution >= 4 is 29.3 Å². The van der Waals surface area contributed by atoms with E-state index < -0.39 is 12.1 Å². The fourth-order valence-electron chi connectivity index (χ4n) is 2.61. The Morgan fingerprint density at radius 2 is 1.96 bits per heavy atom. The zero-order chi connectivity index (χ0) is 18.6. The number of rotatable bonds is 5. The Labute approximate surface area is 151 Å². The highest BCUT2D eigenvalue weighted by Crippen LogP contribution is 2.30. The standard InChI is InChI=1S/C17H22ClN3O4/c1-20(2)13(22)8-9-19-17(24)16-15(21(3)14(23)10-25-16)11-4-6-12(18)7-5-11/h4-7,15-16H,8-10H2,1-3H3,(H,19,24). The van der Waals surface area contributed by atoms with Crippen LogP contribution in [-0.4, -0.2) is 67.9 Å². The molecular formula is C17H22ClN3O4. The first-order chi connectivity index (χ1) is 11.8. The van der Waals surface area contributed by atoms with Crippen molar-refractivity contribution in [1.29, 1.82) is 0 Å². The number of morpholine rings is 1. The molecule has 1 fully saturated rings. The molecule has 1 aliphatic heterocycles. The molecule has 1 saturated heterocycles. The number of ether oxygens (including phenoxy) is 1. The number of benzene rings is 1. The average molecular weight is 368 g/mol. The molecule has 1 aromatic rings. The van der Waals surface area contributed by atoms with E-state index in [0.29, 0.717) is 5.02 Å². The molecule has 7 nitrogen and oxygen atoms in total. The molecular weight excluding hydrogens is 346 g/mol. The number of hydrogen-bond acceptors (Lipinski definition) is 4. The van der Waals surface area contributed by atoms with Gasteiger partial charge >= 0.3 is 0 Å². The van der Waals surface area contributed by atoms with E-state index in [-0.39, 0.29) is 37.3 Å². The van der Waals surface area contributed by atoms with Gasteiger partial charge in [-0.15, -0.1) is 0 Å². The van der Waals surface area contributed by atoms with Crippen molar-refractivity contribution < 1.29 is 19.1 Å². The Hall–Kier alpha value is -2.12. The van der Waals surface area contributed by atoms with Crippen molar-refractivity contribution in [2.75, 3.05) is 34.3 Å². The number of halogens is 1. The Morgan fingerprint density at radius 1 is 1.32 bits per heavy atom. The van der Waals surface area contributed by atoms with Gasteiger partial charge in [-0.25, -0.2) is 0 Å². The van der Waals surface area contributed by atoms with Crippen LogP contribution in [0.1, 0.15) is 18.0 Å². The van der Waals surface area contributed by atoms with Gasteiger partial charge in [-0.05, 0) is 17.7 Å². The largest absolute Gasteiger partial charge is 0.356 e. The lowest BCUT2D eigenvalue weighted by molar-refractivity contribution is -0.162. The van der Waals surface area contributed by atoms with Gasteiger partial charge in [0, 0.05) is 39.1 Å². The molecule has 1 aliphatic rings. The summed E-state index contributed by atoms with van der Waals surface area (Å²) < 4.78 is 5.49. The van der Waals surface area contributed by atoms with Crippen molar-refractivity contribution in [3.05, 3.63) is 34.9 Å². The lowest BCUT2D eigenvalue weighted by Crippen LogP contribution is -2.53. The van der Waals surface area contributed by atoms with E-state index in [4.69, 9.17) is 16.3 Å². The summed E-state index contributed by atoms with van der Waals surface area (Å²) in [6.07, 6.45) is -0.649. The first kappa shape index (κ1) is 19.2. The predicted octanol–water partition coefficient (Wildman–Crippen LogP) is 0.833. The van der Waals surface area contributed by atoms with Crippen molar-refractivity contribution in [1.82, 2.24) is 15.1 Å². The maximum Gasteiger partial charge on any atom is 0.251 e. The molecule has 1 aromatic carbocycles. The monoisotopic (exact) mass is 367 g/mol. The quantitative estimate of drug-likeness (QED) is 0.836. The molecule has 0 bridgehead atoms. The smallest absolute Gasteiger partial charge is 0.251 e. The Kier molecular flexibility index (Phi) is 6.39. The van der Waals surface area contributed by atoms with Gasteiger partial charge in [0.25, 0.3) is 5.91 Å². The molecule has 2 unspecified atom stereocenters. The van der Waals surface area contributed by atoms with Crippen LogP contribution in [0.15, 0.2) is 24.3 Å². The Balaban J connectivity index is 2.10. The summed E-state index contributed by atoms with van der Waals surface area (Å²) in [5.74, 6) is -0.635. The summed E-state index contributed by atoms with van der Waals surface area (Å²) in [5.41, 5.74) is 0.754. The molecule has 2 rings (SSSR count). The molecule has 8 heteroatoms. The summed E-state index contributed by atoms with van der Waals surface area (Å²) in [7, 11) is 4.96. The molecule has 1 N–H and O–H groups in total. The minimum atomic E-state index is -0.849. The van der Waals surface area contributed by atoms with Gasteiger partial charge in [0.05, 0.1) is 6.04 Å². The number of amides is 3.